The second kappa shape index (κ2) is 6.57. The summed E-state index contributed by atoms with van der Waals surface area (Å²) in [6.45, 7) is 2.44. The van der Waals surface area contributed by atoms with Crippen LogP contribution < -0.4 is 9.47 Å². The summed E-state index contributed by atoms with van der Waals surface area (Å²) >= 11 is 1.51. The van der Waals surface area contributed by atoms with Crippen molar-refractivity contribution >= 4 is 11.8 Å². The highest BCUT2D eigenvalue weighted by molar-refractivity contribution is 7.98. The molecule has 0 aliphatic carbocycles. The zero-order valence-electron chi connectivity index (χ0n) is 13.1. The molecule has 6 heteroatoms. The number of aryl methyl sites for hydroxylation is 1. The number of ether oxygens (including phenoxy) is 2. The Morgan fingerprint density at radius 3 is 2.67 bits per heavy atom. The number of rotatable bonds is 4. The van der Waals surface area contributed by atoms with Crippen LogP contribution in [0.25, 0.3) is 0 Å². The minimum atomic E-state index is -0.374. The average Bonchev–Trinajstić information content (AvgIpc) is 3.10. The molecule has 2 heterocycles. The molecular weight excluding hydrogens is 324 g/mol. The van der Waals surface area contributed by atoms with E-state index in [2.05, 4.69) is 41.4 Å². The number of benzene rings is 2. The zero-order valence-corrected chi connectivity index (χ0v) is 14.0. The van der Waals surface area contributed by atoms with Crippen molar-refractivity contribution in [2.75, 3.05) is 6.61 Å². The molecule has 0 saturated carbocycles. The van der Waals surface area contributed by atoms with E-state index in [1.54, 1.807) is 0 Å². The summed E-state index contributed by atoms with van der Waals surface area (Å²) in [5, 5.41) is 8.72. The Balaban J connectivity index is 1.41. The predicted molar refractivity (Wildman–Crippen MR) is 90.3 cm³/mol. The van der Waals surface area contributed by atoms with Crippen LogP contribution in [-0.2, 0) is 5.75 Å². The van der Waals surface area contributed by atoms with Gasteiger partial charge in [-0.05, 0) is 24.6 Å². The summed E-state index contributed by atoms with van der Waals surface area (Å²) in [5.41, 5.74) is 2.47. The fraction of sp³-hybridized carbons (Fsp3) is 0.222. The summed E-state index contributed by atoms with van der Waals surface area (Å²) in [7, 11) is 0. The van der Waals surface area contributed by atoms with E-state index in [9.17, 15) is 0 Å². The van der Waals surface area contributed by atoms with Gasteiger partial charge in [0.15, 0.2) is 11.5 Å². The Bertz CT molecular complexity index is 832. The smallest absolute Gasteiger partial charge is 0.277 e. The van der Waals surface area contributed by atoms with E-state index in [1.807, 2.05) is 24.3 Å². The molecule has 1 aliphatic heterocycles. The normalized spacial score (nSPS) is 16.1. The first-order chi connectivity index (χ1) is 11.8. The number of nitrogens with zero attached hydrogens (tertiary/aromatic N) is 2. The Hall–Kier alpha value is -2.47. The summed E-state index contributed by atoms with van der Waals surface area (Å²) in [6.07, 6.45) is -0.374. The number of thioether (sulfide) groups is 1. The molecule has 5 nitrogen and oxygen atoms in total. The monoisotopic (exact) mass is 340 g/mol. The third kappa shape index (κ3) is 3.23. The van der Waals surface area contributed by atoms with Crippen molar-refractivity contribution in [2.24, 2.45) is 0 Å². The molecule has 2 aromatic carbocycles. The lowest BCUT2D eigenvalue weighted by Crippen LogP contribution is -2.21. The van der Waals surface area contributed by atoms with Crippen LogP contribution in [-0.4, -0.2) is 16.8 Å². The summed E-state index contributed by atoms with van der Waals surface area (Å²) < 4.78 is 17.3. The van der Waals surface area contributed by atoms with Crippen LogP contribution in [0, 0.1) is 6.92 Å². The number of hydrogen-bond acceptors (Lipinski definition) is 6. The van der Waals surface area contributed by atoms with Gasteiger partial charge in [0.2, 0.25) is 6.10 Å². The van der Waals surface area contributed by atoms with Crippen molar-refractivity contribution in [1.82, 2.24) is 10.2 Å². The van der Waals surface area contributed by atoms with Gasteiger partial charge in [-0.2, -0.15) is 0 Å². The first kappa shape index (κ1) is 15.1. The van der Waals surface area contributed by atoms with Crippen molar-refractivity contribution in [1.29, 1.82) is 0 Å². The second-order valence-corrected chi connectivity index (χ2v) is 6.47. The highest BCUT2D eigenvalue weighted by Gasteiger charge is 2.27. The minimum Gasteiger partial charge on any atom is -0.485 e. The summed E-state index contributed by atoms with van der Waals surface area (Å²) in [6, 6.07) is 16.0. The van der Waals surface area contributed by atoms with E-state index in [1.165, 1.54) is 22.9 Å². The number of fused-ring (bicyclic) bond motifs is 1. The quantitative estimate of drug-likeness (QED) is 0.664. The number of para-hydroxylation sites is 2. The van der Waals surface area contributed by atoms with Gasteiger partial charge >= 0.3 is 0 Å². The molecule has 0 bridgehead atoms. The van der Waals surface area contributed by atoms with Gasteiger partial charge in [-0.15, -0.1) is 10.2 Å². The van der Waals surface area contributed by atoms with E-state index in [0.29, 0.717) is 23.5 Å². The molecule has 0 radical (unpaired) electrons. The number of hydrogen-bond donors (Lipinski definition) is 0. The van der Waals surface area contributed by atoms with E-state index < -0.39 is 0 Å². The molecule has 4 rings (SSSR count). The molecule has 1 aliphatic rings. The molecule has 1 aromatic heterocycles. The Kier molecular flexibility index (Phi) is 4.13. The standard InChI is InChI=1S/C18H16N2O3S/c1-12-6-8-13(9-7-12)11-24-18-20-19-17(23-18)16-10-21-14-4-2-3-5-15(14)22-16/h2-9,16H,10-11H2,1H3. The molecule has 0 amide bonds. The van der Waals surface area contributed by atoms with Crippen LogP contribution in [0.3, 0.4) is 0 Å². The third-order valence-corrected chi connectivity index (χ3v) is 4.58. The molecule has 0 fully saturated rings. The first-order valence-corrected chi connectivity index (χ1v) is 8.67. The fourth-order valence-corrected chi connectivity index (χ4v) is 3.10. The van der Waals surface area contributed by atoms with Crippen molar-refractivity contribution in [2.45, 2.75) is 24.0 Å². The maximum atomic E-state index is 5.88. The second-order valence-electron chi connectivity index (χ2n) is 5.54. The maximum Gasteiger partial charge on any atom is 0.277 e. The van der Waals surface area contributed by atoms with Crippen LogP contribution in [0.15, 0.2) is 58.2 Å². The lowest BCUT2D eigenvalue weighted by atomic mass is 10.2. The Labute approximate surface area is 144 Å². The van der Waals surface area contributed by atoms with Crippen LogP contribution in [0.2, 0.25) is 0 Å². The van der Waals surface area contributed by atoms with Gasteiger partial charge in [-0.25, -0.2) is 0 Å². The minimum absolute atomic E-state index is 0.362. The van der Waals surface area contributed by atoms with E-state index in [4.69, 9.17) is 13.9 Å². The van der Waals surface area contributed by atoms with Crippen molar-refractivity contribution in [3.05, 3.63) is 65.5 Å². The first-order valence-electron chi connectivity index (χ1n) is 7.68. The zero-order chi connectivity index (χ0) is 16.4. The van der Waals surface area contributed by atoms with Gasteiger partial charge in [-0.3, -0.25) is 0 Å². The molecule has 0 N–H and O–H groups in total. The van der Waals surface area contributed by atoms with Crippen molar-refractivity contribution < 1.29 is 13.9 Å². The highest BCUT2D eigenvalue weighted by atomic mass is 32.2. The van der Waals surface area contributed by atoms with Gasteiger partial charge in [0, 0.05) is 5.75 Å². The van der Waals surface area contributed by atoms with Gasteiger partial charge < -0.3 is 13.9 Å². The highest BCUT2D eigenvalue weighted by Crippen LogP contribution is 2.36. The summed E-state index contributed by atoms with van der Waals surface area (Å²) in [5.74, 6) is 2.66. The topological polar surface area (TPSA) is 57.4 Å². The lowest BCUT2D eigenvalue weighted by Gasteiger charge is -2.23. The predicted octanol–water partition coefficient (Wildman–Crippen LogP) is 4.18. The fourth-order valence-electron chi connectivity index (χ4n) is 2.38. The average molecular weight is 340 g/mol. The van der Waals surface area contributed by atoms with Crippen LogP contribution >= 0.6 is 11.8 Å². The van der Waals surface area contributed by atoms with Crippen LogP contribution in [0.5, 0.6) is 11.5 Å². The van der Waals surface area contributed by atoms with E-state index in [0.717, 1.165) is 11.5 Å². The van der Waals surface area contributed by atoms with Crippen LogP contribution in [0.4, 0.5) is 0 Å². The maximum absolute atomic E-state index is 5.88. The van der Waals surface area contributed by atoms with Crippen LogP contribution in [0.1, 0.15) is 23.1 Å². The third-order valence-electron chi connectivity index (χ3n) is 3.69. The molecular formula is C18H16N2O3S. The molecule has 3 aromatic rings. The molecule has 0 spiro atoms. The number of aromatic nitrogens is 2. The van der Waals surface area contributed by atoms with Gasteiger partial charge in [0.05, 0.1) is 0 Å². The van der Waals surface area contributed by atoms with Gasteiger partial charge in [0.25, 0.3) is 11.1 Å². The Morgan fingerprint density at radius 1 is 1.04 bits per heavy atom. The van der Waals surface area contributed by atoms with E-state index >= 15 is 0 Å². The molecule has 122 valence electrons. The molecule has 1 unspecified atom stereocenters. The van der Waals surface area contributed by atoms with Gasteiger partial charge in [0.1, 0.15) is 6.61 Å². The van der Waals surface area contributed by atoms with Crippen molar-refractivity contribution in [3.8, 4) is 11.5 Å². The van der Waals surface area contributed by atoms with E-state index in [-0.39, 0.29) is 6.10 Å². The lowest BCUT2D eigenvalue weighted by molar-refractivity contribution is 0.0686. The Morgan fingerprint density at radius 2 is 1.83 bits per heavy atom. The van der Waals surface area contributed by atoms with Crippen molar-refractivity contribution in [3.63, 3.8) is 0 Å². The molecule has 0 saturated heterocycles. The molecule has 24 heavy (non-hydrogen) atoms. The van der Waals surface area contributed by atoms with Gasteiger partial charge in [-0.1, -0.05) is 53.7 Å². The largest absolute Gasteiger partial charge is 0.485 e. The molecule has 1 atom stereocenters. The SMILES string of the molecule is Cc1ccc(CSc2nnc(C3COc4ccccc4O3)o2)cc1. The summed E-state index contributed by atoms with van der Waals surface area (Å²) in [4.78, 5) is 0.